The molecule has 0 radical (unpaired) electrons. The summed E-state index contributed by atoms with van der Waals surface area (Å²) in [4.78, 5) is 8.68. The number of aromatic nitrogens is 4. The average molecular weight is 322 g/mol. The summed E-state index contributed by atoms with van der Waals surface area (Å²) in [7, 11) is 0. The molecule has 3 N–H and O–H groups in total. The van der Waals surface area contributed by atoms with Gasteiger partial charge in [-0.25, -0.2) is 9.97 Å². The average Bonchev–Trinajstić information content (AvgIpc) is 3.13. The van der Waals surface area contributed by atoms with Crippen LogP contribution in [0.25, 0.3) is 0 Å². The third-order valence-electron chi connectivity index (χ3n) is 4.20. The van der Waals surface area contributed by atoms with Gasteiger partial charge < -0.3 is 10.4 Å². The normalized spacial score (nSPS) is 24.6. The van der Waals surface area contributed by atoms with Crippen molar-refractivity contribution in [2.75, 3.05) is 11.9 Å². The molecular weight excluding hydrogens is 302 g/mol. The van der Waals surface area contributed by atoms with Gasteiger partial charge in [0.25, 0.3) is 0 Å². The van der Waals surface area contributed by atoms with Crippen LogP contribution in [0.4, 0.5) is 5.82 Å². The summed E-state index contributed by atoms with van der Waals surface area (Å²) in [5.41, 5.74) is 0. The van der Waals surface area contributed by atoms with Gasteiger partial charge >= 0.3 is 0 Å². The van der Waals surface area contributed by atoms with Gasteiger partial charge in [-0.1, -0.05) is 18.5 Å². The Morgan fingerprint density at radius 2 is 2.32 bits per heavy atom. The van der Waals surface area contributed by atoms with Crippen molar-refractivity contribution in [1.82, 2.24) is 20.2 Å². The number of aryl methyl sites for hydroxylation is 1. The van der Waals surface area contributed by atoms with Crippen molar-refractivity contribution in [3.05, 3.63) is 35.0 Å². The molecule has 0 aromatic carbocycles. The first kappa shape index (κ1) is 15.2. The number of halogens is 1. The molecule has 1 fully saturated rings. The molecule has 3 atom stereocenters. The largest absolute Gasteiger partial charge is 0.393 e. The molecule has 1 saturated carbocycles. The monoisotopic (exact) mass is 321 g/mol. The number of nitrogens with zero attached hydrogens (tertiary/aromatic N) is 3. The van der Waals surface area contributed by atoms with Gasteiger partial charge in [-0.15, -0.1) is 0 Å². The van der Waals surface area contributed by atoms with Gasteiger partial charge in [0.2, 0.25) is 0 Å². The zero-order valence-corrected chi connectivity index (χ0v) is 13.2. The fourth-order valence-electron chi connectivity index (χ4n) is 2.93. The Hall–Kier alpha value is -1.66. The van der Waals surface area contributed by atoms with Gasteiger partial charge in [-0.2, -0.15) is 5.10 Å². The van der Waals surface area contributed by atoms with Crippen LogP contribution in [0.1, 0.15) is 37.3 Å². The number of nitrogens with one attached hydrogen (secondary N) is 2. The molecule has 0 spiro atoms. The second-order valence-electron chi connectivity index (χ2n) is 5.70. The van der Waals surface area contributed by atoms with E-state index in [2.05, 4.69) is 25.5 Å². The SMILES string of the molecule is CCc1nc([C@H]2C[C@H](CNc3ncccc3Cl)[C@H](O)C2)n[nH]1. The van der Waals surface area contributed by atoms with Crippen molar-refractivity contribution in [3.8, 4) is 0 Å². The van der Waals surface area contributed by atoms with E-state index in [4.69, 9.17) is 11.6 Å². The fourth-order valence-corrected chi connectivity index (χ4v) is 3.12. The number of aromatic amines is 1. The summed E-state index contributed by atoms with van der Waals surface area (Å²) in [6, 6.07) is 3.59. The molecule has 2 aromatic heterocycles. The minimum absolute atomic E-state index is 0.145. The van der Waals surface area contributed by atoms with Crippen LogP contribution in [0.2, 0.25) is 5.02 Å². The van der Waals surface area contributed by atoms with Gasteiger partial charge in [0.05, 0.1) is 11.1 Å². The van der Waals surface area contributed by atoms with Gasteiger partial charge in [0.15, 0.2) is 5.82 Å². The molecule has 3 rings (SSSR count). The van der Waals surface area contributed by atoms with E-state index in [-0.39, 0.29) is 17.9 Å². The molecule has 2 heterocycles. The van der Waals surface area contributed by atoms with E-state index in [9.17, 15) is 5.11 Å². The van der Waals surface area contributed by atoms with E-state index < -0.39 is 0 Å². The van der Waals surface area contributed by atoms with Crippen LogP contribution in [0, 0.1) is 5.92 Å². The van der Waals surface area contributed by atoms with Crippen LogP contribution in [0.3, 0.4) is 0 Å². The number of anilines is 1. The third-order valence-corrected chi connectivity index (χ3v) is 4.50. The lowest BCUT2D eigenvalue weighted by atomic mass is 10.0. The Bertz CT molecular complexity index is 632. The Morgan fingerprint density at radius 1 is 1.45 bits per heavy atom. The molecule has 0 aliphatic heterocycles. The Kier molecular flexibility index (Phi) is 4.59. The molecule has 1 aliphatic rings. The lowest BCUT2D eigenvalue weighted by molar-refractivity contribution is 0.137. The van der Waals surface area contributed by atoms with Gasteiger partial charge in [-0.05, 0) is 25.0 Å². The Balaban J connectivity index is 1.60. The predicted molar refractivity (Wildman–Crippen MR) is 85.0 cm³/mol. The highest BCUT2D eigenvalue weighted by molar-refractivity contribution is 6.32. The van der Waals surface area contributed by atoms with Crippen molar-refractivity contribution in [2.24, 2.45) is 5.92 Å². The number of aliphatic hydroxyl groups excluding tert-OH is 1. The van der Waals surface area contributed by atoms with E-state index in [0.717, 1.165) is 24.5 Å². The lowest BCUT2D eigenvalue weighted by Gasteiger charge is -2.15. The number of hydrogen-bond acceptors (Lipinski definition) is 5. The van der Waals surface area contributed by atoms with Gasteiger partial charge in [0.1, 0.15) is 11.6 Å². The van der Waals surface area contributed by atoms with Gasteiger partial charge in [-0.3, -0.25) is 5.10 Å². The molecule has 0 unspecified atom stereocenters. The Labute approximate surface area is 134 Å². The maximum Gasteiger partial charge on any atom is 0.153 e. The molecule has 0 amide bonds. The first-order valence-corrected chi connectivity index (χ1v) is 7.98. The number of pyridine rings is 1. The molecule has 2 aromatic rings. The molecule has 0 saturated heterocycles. The molecule has 0 bridgehead atoms. The summed E-state index contributed by atoms with van der Waals surface area (Å²) in [5, 5.41) is 21.3. The highest BCUT2D eigenvalue weighted by Gasteiger charge is 2.35. The van der Waals surface area contributed by atoms with E-state index >= 15 is 0 Å². The summed E-state index contributed by atoms with van der Waals surface area (Å²) in [6.07, 6.45) is 3.74. The van der Waals surface area contributed by atoms with E-state index in [1.807, 2.05) is 6.92 Å². The summed E-state index contributed by atoms with van der Waals surface area (Å²) in [5.74, 6) is 2.72. The molecule has 7 heteroatoms. The first-order chi connectivity index (χ1) is 10.7. The quantitative estimate of drug-likeness (QED) is 0.787. The highest BCUT2D eigenvalue weighted by Crippen LogP contribution is 2.37. The number of rotatable bonds is 5. The van der Waals surface area contributed by atoms with Crippen LogP contribution in [0.5, 0.6) is 0 Å². The van der Waals surface area contributed by atoms with Crippen molar-refractivity contribution in [2.45, 2.75) is 38.2 Å². The highest BCUT2D eigenvalue weighted by atomic mass is 35.5. The van der Waals surface area contributed by atoms with E-state index in [1.54, 1.807) is 18.3 Å². The van der Waals surface area contributed by atoms with E-state index in [0.29, 0.717) is 23.8 Å². The molecular formula is C15H20ClN5O. The van der Waals surface area contributed by atoms with Crippen molar-refractivity contribution in [3.63, 3.8) is 0 Å². The van der Waals surface area contributed by atoms with Crippen molar-refractivity contribution >= 4 is 17.4 Å². The van der Waals surface area contributed by atoms with Gasteiger partial charge in [0, 0.05) is 31.0 Å². The fraction of sp³-hybridized carbons (Fsp3) is 0.533. The first-order valence-electron chi connectivity index (χ1n) is 7.61. The zero-order valence-electron chi connectivity index (χ0n) is 12.5. The lowest BCUT2D eigenvalue weighted by Crippen LogP contribution is -2.22. The number of aliphatic hydroxyl groups is 1. The topological polar surface area (TPSA) is 86.7 Å². The predicted octanol–water partition coefficient (Wildman–Crippen LogP) is 2.38. The van der Waals surface area contributed by atoms with E-state index in [1.165, 1.54) is 0 Å². The maximum atomic E-state index is 10.3. The molecule has 1 aliphatic carbocycles. The third kappa shape index (κ3) is 3.23. The second kappa shape index (κ2) is 6.62. The smallest absolute Gasteiger partial charge is 0.153 e. The van der Waals surface area contributed by atoms with Crippen LogP contribution in [-0.2, 0) is 6.42 Å². The zero-order chi connectivity index (χ0) is 15.5. The summed E-state index contributed by atoms with van der Waals surface area (Å²) in [6.45, 7) is 2.68. The van der Waals surface area contributed by atoms with Crippen LogP contribution in [-0.4, -0.2) is 37.9 Å². The Morgan fingerprint density at radius 3 is 3.05 bits per heavy atom. The standard InChI is InChI=1S/C15H20ClN5O/c1-2-13-19-14(21-20-13)9-6-10(12(22)7-9)8-18-15-11(16)4-3-5-17-15/h3-5,9-10,12,22H,2,6-8H2,1H3,(H,17,18)(H,19,20,21)/t9-,10+,12+/m0/s1. The van der Waals surface area contributed by atoms with Crippen LogP contribution in [0.15, 0.2) is 18.3 Å². The second-order valence-corrected chi connectivity index (χ2v) is 6.11. The summed E-state index contributed by atoms with van der Waals surface area (Å²) < 4.78 is 0. The minimum atomic E-state index is -0.358. The number of hydrogen-bond donors (Lipinski definition) is 3. The molecule has 22 heavy (non-hydrogen) atoms. The van der Waals surface area contributed by atoms with Crippen LogP contribution < -0.4 is 5.32 Å². The maximum absolute atomic E-state index is 10.3. The number of H-pyrrole nitrogens is 1. The minimum Gasteiger partial charge on any atom is -0.393 e. The molecule has 118 valence electrons. The summed E-state index contributed by atoms with van der Waals surface area (Å²) >= 11 is 6.08. The van der Waals surface area contributed by atoms with Crippen molar-refractivity contribution in [1.29, 1.82) is 0 Å². The van der Waals surface area contributed by atoms with Crippen LogP contribution >= 0.6 is 11.6 Å². The molecule has 6 nitrogen and oxygen atoms in total. The van der Waals surface area contributed by atoms with Crippen molar-refractivity contribution < 1.29 is 5.11 Å².